The first-order chi connectivity index (χ1) is 8.63. The van der Waals surface area contributed by atoms with Gasteiger partial charge in [-0.25, -0.2) is 0 Å². The van der Waals surface area contributed by atoms with Crippen LogP contribution in [0.1, 0.15) is 51.9 Å². The first kappa shape index (κ1) is 12.5. The molecule has 0 aromatic carbocycles. The van der Waals surface area contributed by atoms with Gasteiger partial charge in [0.15, 0.2) is 0 Å². The zero-order valence-corrected chi connectivity index (χ0v) is 11.4. The second-order valence-electron chi connectivity index (χ2n) is 6.94. The molecule has 0 aromatic heterocycles. The summed E-state index contributed by atoms with van der Waals surface area (Å²) in [5.41, 5.74) is 6.10. The van der Waals surface area contributed by atoms with Gasteiger partial charge in [0, 0.05) is 18.0 Å². The Bertz CT molecular complexity index is 330. The van der Waals surface area contributed by atoms with Crippen LogP contribution in [-0.2, 0) is 4.79 Å². The molecule has 0 saturated heterocycles. The predicted octanol–water partition coefficient (Wildman–Crippen LogP) is 2.05. The van der Waals surface area contributed by atoms with Crippen molar-refractivity contribution in [1.29, 1.82) is 0 Å². The summed E-state index contributed by atoms with van der Waals surface area (Å²) in [4.78, 5) is 12.3. The number of carbonyl (C=O) groups excluding carboxylic acids is 1. The van der Waals surface area contributed by atoms with Gasteiger partial charge in [-0.3, -0.25) is 4.79 Å². The van der Waals surface area contributed by atoms with Crippen molar-refractivity contribution in [2.75, 3.05) is 0 Å². The number of fused-ring (bicyclic) bond motifs is 2. The molecule has 3 nitrogen and oxygen atoms in total. The van der Waals surface area contributed by atoms with Gasteiger partial charge in [0.1, 0.15) is 0 Å². The van der Waals surface area contributed by atoms with E-state index < -0.39 is 0 Å². The van der Waals surface area contributed by atoms with Crippen molar-refractivity contribution < 1.29 is 4.79 Å². The SMILES string of the molecule is CC1CCC(C(=O)NC2CC3CCC2C3)CC1N. The molecule has 3 N–H and O–H groups in total. The van der Waals surface area contributed by atoms with Gasteiger partial charge in [-0.1, -0.05) is 13.3 Å². The highest BCUT2D eigenvalue weighted by atomic mass is 16.1. The molecule has 3 saturated carbocycles. The smallest absolute Gasteiger partial charge is 0.223 e. The van der Waals surface area contributed by atoms with E-state index in [1.165, 1.54) is 25.7 Å². The lowest BCUT2D eigenvalue weighted by Gasteiger charge is -2.32. The summed E-state index contributed by atoms with van der Waals surface area (Å²) in [5.74, 6) is 2.71. The molecule has 0 radical (unpaired) electrons. The Balaban J connectivity index is 1.52. The zero-order valence-electron chi connectivity index (χ0n) is 11.4. The van der Waals surface area contributed by atoms with Crippen molar-refractivity contribution in [2.45, 2.75) is 64.0 Å². The lowest BCUT2D eigenvalue weighted by molar-refractivity contribution is -0.127. The molecule has 3 heteroatoms. The predicted molar refractivity (Wildman–Crippen MR) is 71.9 cm³/mol. The van der Waals surface area contributed by atoms with Crippen LogP contribution in [0.4, 0.5) is 0 Å². The fraction of sp³-hybridized carbons (Fsp3) is 0.933. The highest BCUT2D eigenvalue weighted by molar-refractivity contribution is 5.79. The van der Waals surface area contributed by atoms with Gasteiger partial charge in [0.25, 0.3) is 0 Å². The molecular formula is C15H26N2O. The standard InChI is InChI=1S/C15H26N2O/c1-9-2-4-12(8-13(9)16)15(18)17-14-7-10-3-5-11(14)6-10/h9-14H,2-8,16H2,1H3,(H,17,18). The van der Waals surface area contributed by atoms with Gasteiger partial charge in [0.05, 0.1) is 0 Å². The number of hydrogen-bond acceptors (Lipinski definition) is 2. The molecule has 6 unspecified atom stereocenters. The van der Waals surface area contributed by atoms with E-state index in [0.717, 1.165) is 31.1 Å². The Morgan fingerprint density at radius 2 is 1.94 bits per heavy atom. The van der Waals surface area contributed by atoms with Crippen molar-refractivity contribution in [3.8, 4) is 0 Å². The topological polar surface area (TPSA) is 55.1 Å². The fourth-order valence-corrected chi connectivity index (χ4v) is 4.32. The third kappa shape index (κ3) is 2.29. The molecule has 6 atom stereocenters. The van der Waals surface area contributed by atoms with Crippen molar-refractivity contribution in [3.05, 3.63) is 0 Å². The minimum Gasteiger partial charge on any atom is -0.353 e. The second kappa shape index (κ2) is 4.84. The monoisotopic (exact) mass is 250 g/mol. The molecule has 0 aliphatic heterocycles. The molecule has 3 fully saturated rings. The Morgan fingerprint density at radius 3 is 2.56 bits per heavy atom. The summed E-state index contributed by atoms with van der Waals surface area (Å²) in [6.45, 7) is 2.20. The van der Waals surface area contributed by atoms with Crippen LogP contribution in [-0.4, -0.2) is 18.0 Å². The molecule has 3 aliphatic carbocycles. The van der Waals surface area contributed by atoms with Gasteiger partial charge >= 0.3 is 0 Å². The van der Waals surface area contributed by atoms with E-state index in [-0.39, 0.29) is 17.9 Å². The highest BCUT2D eigenvalue weighted by Crippen LogP contribution is 2.44. The molecule has 3 rings (SSSR count). The summed E-state index contributed by atoms with van der Waals surface area (Å²) in [6, 6.07) is 0.696. The highest BCUT2D eigenvalue weighted by Gasteiger charge is 2.41. The van der Waals surface area contributed by atoms with E-state index in [9.17, 15) is 4.79 Å². The quantitative estimate of drug-likeness (QED) is 0.788. The van der Waals surface area contributed by atoms with Crippen LogP contribution < -0.4 is 11.1 Å². The average Bonchev–Trinajstić information content (AvgIpc) is 2.94. The second-order valence-corrected chi connectivity index (χ2v) is 6.94. The van der Waals surface area contributed by atoms with E-state index in [4.69, 9.17) is 5.73 Å². The van der Waals surface area contributed by atoms with Crippen LogP contribution in [0, 0.1) is 23.7 Å². The minimum atomic E-state index is 0.176. The molecule has 2 bridgehead atoms. The van der Waals surface area contributed by atoms with Crippen LogP contribution >= 0.6 is 0 Å². The van der Waals surface area contributed by atoms with Crippen LogP contribution in [0.2, 0.25) is 0 Å². The Labute approximate surface area is 110 Å². The van der Waals surface area contributed by atoms with E-state index in [0.29, 0.717) is 12.0 Å². The van der Waals surface area contributed by atoms with Gasteiger partial charge in [-0.05, 0) is 56.3 Å². The molecule has 18 heavy (non-hydrogen) atoms. The van der Waals surface area contributed by atoms with E-state index >= 15 is 0 Å². The fourth-order valence-electron chi connectivity index (χ4n) is 4.32. The molecule has 0 spiro atoms. The third-order valence-corrected chi connectivity index (χ3v) is 5.69. The Morgan fingerprint density at radius 1 is 1.11 bits per heavy atom. The van der Waals surface area contributed by atoms with Crippen molar-refractivity contribution in [2.24, 2.45) is 29.4 Å². The van der Waals surface area contributed by atoms with Crippen LogP contribution in [0.3, 0.4) is 0 Å². The number of nitrogens with two attached hydrogens (primary N) is 1. The normalized spacial score (nSPS) is 47.2. The van der Waals surface area contributed by atoms with Gasteiger partial charge in [-0.2, -0.15) is 0 Å². The van der Waals surface area contributed by atoms with Crippen LogP contribution in [0.15, 0.2) is 0 Å². The average molecular weight is 250 g/mol. The molecular weight excluding hydrogens is 224 g/mol. The maximum Gasteiger partial charge on any atom is 0.223 e. The number of hydrogen-bond donors (Lipinski definition) is 2. The number of carbonyl (C=O) groups is 1. The zero-order chi connectivity index (χ0) is 12.7. The summed E-state index contributed by atoms with van der Waals surface area (Å²) in [7, 11) is 0. The summed E-state index contributed by atoms with van der Waals surface area (Å²) in [5, 5.41) is 3.32. The summed E-state index contributed by atoms with van der Waals surface area (Å²) >= 11 is 0. The van der Waals surface area contributed by atoms with Gasteiger partial charge in [0.2, 0.25) is 5.91 Å². The summed E-state index contributed by atoms with van der Waals surface area (Å²) in [6.07, 6.45) is 8.32. The first-order valence-corrected chi connectivity index (χ1v) is 7.69. The lowest BCUT2D eigenvalue weighted by Crippen LogP contribution is -2.45. The Hall–Kier alpha value is -0.570. The molecule has 3 aliphatic rings. The van der Waals surface area contributed by atoms with Gasteiger partial charge < -0.3 is 11.1 Å². The van der Waals surface area contributed by atoms with Crippen molar-refractivity contribution in [3.63, 3.8) is 0 Å². The van der Waals surface area contributed by atoms with Crippen molar-refractivity contribution >= 4 is 5.91 Å². The van der Waals surface area contributed by atoms with E-state index in [1.54, 1.807) is 0 Å². The minimum absolute atomic E-state index is 0.176. The van der Waals surface area contributed by atoms with Gasteiger partial charge in [-0.15, -0.1) is 0 Å². The maximum atomic E-state index is 12.3. The number of amides is 1. The van der Waals surface area contributed by atoms with Crippen molar-refractivity contribution in [1.82, 2.24) is 5.32 Å². The maximum absolute atomic E-state index is 12.3. The molecule has 1 amide bonds. The third-order valence-electron chi connectivity index (χ3n) is 5.69. The molecule has 102 valence electrons. The van der Waals surface area contributed by atoms with E-state index in [1.807, 2.05) is 0 Å². The van der Waals surface area contributed by atoms with Crippen LogP contribution in [0.5, 0.6) is 0 Å². The number of rotatable bonds is 2. The summed E-state index contributed by atoms with van der Waals surface area (Å²) < 4.78 is 0. The van der Waals surface area contributed by atoms with Crippen LogP contribution in [0.25, 0.3) is 0 Å². The lowest BCUT2D eigenvalue weighted by atomic mass is 9.79. The first-order valence-electron chi connectivity index (χ1n) is 7.69. The largest absolute Gasteiger partial charge is 0.353 e. The number of nitrogens with one attached hydrogen (secondary N) is 1. The molecule has 0 aromatic rings. The molecule has 0 heterocycles. The van der Waals surface area contributed by atoms with E-state index in [2.05, 4.69) is 12.2 Å². The Kier molecular flexibility index (Phi) is 3.35.